The molecule has 0 N–H and O–H groups in total. The molecule has 2 aliphatic rings. The summed E-state index contributed by atoms with van der Waals surface area (Å²) in [7, 11) is 0. The van der Waals surface area contributed by atoms with Gasteiger partial charge >= 0.3 is 0 Å². The molecule has 3 heteroatoms. The fourth-order valence-corrected chi connectivity index (χ4v) is 9.25. The van der Waals surface area contributed by atoms with Crippen molar-refractivity contribution in [1.29, 1.82) is 0 Å². The van der Waals surface area contributed by atoms with Crippen LogP contribution in [-0.4, -0.2) is 9.97 Å². The summed E-state index contributed by atoms with van der Waals surface area (Å²) in [5, 5.41) is 1.05. The molecule has 0 amide bonds. The molecule has 0 radical (unpaired) electrons. The van der Waals surface area contributed by atoms with Crippen molar-refractivity contribution < 1.29 is 0 Å². The Kier molecular flexibility index (Phi) is 6.06. The van der Waals surface area contributed by atoms with Crippen LogP contribution < -0.4 is 0 Å². The van der Waals surface area contributed by atoms with Crippen LogP contribution in [0.15, 0.2) is 180 Å². The minimum Gasteiger partial charge on any atom is -0.228 e. The van der Waals surface area contributed by atoms with Crippen molar-refractivity contribution in [2.75, 3.05) is 0 Å². The normalized spacial score (nSPS) is 13.5. The highest BCUT2D eigenvalue weighted by atomic mass is 32.2. The zero-order valence-corrected chi connectivity index (χ0v) is 26.8. The molecule has 7 aromatic carbocycles. The molecule has 2 heterocycles. The van der Waals surface area contributed by atoms with E-state index >= 15 is 0 Å². The van der Waals surface area contributed by atoms with Gasteiger partial charge in [-0.3, -0.25) is 0 Å². The lowest BCUT2D eigenvalue weighted by atomic mass is 9.67. The molecule has 224 valence electrons. The molecule has 48 heavy (non-hydrogen) atoms. The predicted molar refractivity (Wildman–Crippen MR) is 197 cm³/mol. The van der Waals surface area contributed by atoms with Gasteiger partial charge < -0.3 is 0 Å². The quantitative estimate of drug-likeness (QED) is 0.195. The van der Waals surface area contributed by atoms with Crippen LogP contribution in [0.4, 0.5) is 0 Å². The Balaban J connectivity index is 1.15. The average Bonchev–Trinajstić information content (AvgIpc) is 3.45. The van der Waals surface area contributed by atoms with Gasteiger partial charge in [0.25, 0.3) is 0 Å². The lowest BCUT2D eigenvalue weighted by molar-refractivity contribution is 0.723. The minimum atomic E-state index is -0.381. The Morgan fingerprint density at radius 1 is 0.396 bits per heavy atom. The van der Waals surface area contributed by atoms with Crippen LogP contribution in [0.1, 0.15) is 22.3 Å². The van der Waals surface area contributed by atoms with Crippen LogP contribution in [0.25, 0.3) is 55.8 Å². The maximum Gasteiger partial charge on any atom is 0.160 e. The molecule has 10 rings (SSSR count). The summed E-state index contributed by atoms with van der Waals surface area (Å²) >= 11 is 1.90. The number of benzene rings is 7. The molecule has 0 bridgehead atoms. The molecule has 1 aliphatic heterocycles. The van der Waals surface area contributed by atoms with E-state index in [4.69, 9.17) is 9.97 Å². The van der Waals surface area contributed by atoms with E-state index in [0.29, 0.717) is 0 Å². The first-order valence-corrected chi connectivity index (χ1v) is 17.2. The first-order valence-electron chi connectivity index (χ1n) is 16.3. The topological polar surface area (TPSA) is 25.8 Å². The number of hydrogen-bond donors (Lipinski definition) is 0. The molecular formula is C45H28N2S. The highest BCUT2D eigenvalue weighted by Gasteiger charge is 2.50. The van der Waals surface area contributed by atoms with E-state index in [1.54, 1.807) is 0 Å². The van der Waals surface area contributed by atoms with Crippen molar-refractivity contribution in [3.05, 3.63) is 192 Å². The van der Waals surface area contributed by atoms with Gasteiger partial charge in [0.1, 0.15) is 0 Å². The second-order valence-electron chi connectivity index (χ2n) is 12.5. The fourth-order valence-electron chi connectivity index (χ4n) is 7.93. The van der Waals surface area contributed by atoms with Crippen molar-refractivity contribution in [3.63, 3.8) is 0 Å². The van der Waals surface area contributed by atoms with Gasteiger partial charge in [0.15, 0.2) is 5.82 Å². The van der Waals surface area contributed by atoms with Gasteiger partial charge in [0, 0.05) is 26.3 Å². The molecule has 0 atom stereocenters. The summed E-state index contributed by atoms with van der Waals surface area (Å²) < 4.78 is 0. The van der Waals surface area contributed by atoms with Gasteiger partial charge in [0.05, 0.1) is 16.6 Å². The molecule has 0 fully saturated rings. The Labute approximate surface area is 283 Å². The lowest BCUT2D eigenvalue weighted by Gasteiger charge is -2.40. The average molecular weight is 629 g/mol. The monoisotopic (exact) mass is 628 g/mol. The summed E-state index contributed by atoms with van der Waals surface area (Å²) in [5.41, 5.74) is 14.1. The zero-order valence-electron chi connectivity index (χ0n) is 26.0. The van der Waals surface area contributed by atoms with E-state index in [1.807, 2.05) is 36.0 Å². The maximum absolute atomic E-state index is 5.11. The lowest BCUT2D eigenvalue weighted by Crippen LogP contribution is -2.32. The number of aromatic nitrogens is 2. The Morgan fingerprint density at radius 2 is 0.979 bits per heavy atom. The van der Waals surface area contributed by atoms with Crippen LogP contribution in [-0.2, 0) is 5.41 Å². The maximum atomic E-state index is 5.11. The van der Waals surface area contributed by atoms with Crippen molar-refractivity contribution in [2.45, 2.75) is 15.2 Å². The molecular weight excluding hydrogens is 601 g/mol. The number of hydrogen-bond acceptors (Lipinski definition) is 3. The first kappa shape index (κ1) is 27.4. The molecule has 1 aliphatic carbocycles. The smallest absolute Gasteiger partial charge is 0.160 e. The zero-order chi connectivity index (χ0) is 31.7. The molecule has 0 saturated carbocycles. The van der Waals surface area contributed by atoms with Gasteiger partial charge in [-0.2, -0.15) is 0 Å². The second-order valence-corrected chi connectivity index (χ2v) is 13.5. The number of nitrogens with zero attached hydrogens (tertiary/aromatic N) is 2. The summed E-state index contributed by atoms with van der Waals surface area (Å²) in [6.07, 6.45) is 0. The summed E-state index contributed by atoms with van der Waals surface area (Å²) in [4.78, 5) is 12.7. The molecule has 1 aromatic heterocycles. The van der Waals surface area contributed by atoms with Gasteiger partial charge in [-0.15, -0.1) is 0 Å². The van der Waals surface area contributed by atoms with Crippen LogP contribution in [0.2, 0.25) is 0 Å². The summed E-state index contributed by atoms with van der Waals surface area (Å²) in [6, 6.07) is 61.3. The van der Waals surface area contributed by atoms with Gasteiger partial charge in [-0.05, 0) is 56.6 Å². The second kappa shape index (κ2) is 10.6. The minimum absolute atomic E-state index is 0.381. The van der Waals surface area contributed by atoms with Crippen molar-refractivity contribution in [3.8, 4) is 44.9 Å². The van der Waals surface area contributed by atoms with Crippen LogP contribution in [0.5, 0.6) is 0 Å². The van der Waals surface area contributed by atoms with Gasteiger partial charge in [-0.25, -0.2) is 9.97 Å². The summed E-state index contributed by atoms with van der Waals surface area (Å²) in [5.74, 6) is 0.739. The Morgan fingerprint density at radius 3 is 1.75 bits per heavy atom. The van der Waals surface area contributed by atoms with Gasteiger partial charge in [0.2, 0.25) is 0 Å². The summed E-state index contributed by atoms with van der Waals surface area (Å²) in [6.45, 7) is 0. The Hall–Kier alpha value is -5.77. The number of para-hydroxylation sites is 1. The van der Waals surface area contributed by atoms with E-state index in [2.05, 4.69) is 146 Å². The van der Waals surface area contributed by atoms with E-state index < -0.39 is 0 Å². The van der Waals surface area contributed by atoms with E-state index in [-0.39, 0.29) is 5.41 Å². The highest BCUT2D eigenvalue weighted by molar-refractivity contribution is 7.99. The third-order valence-corrected chi connectivity index (χ3v) is 11.2. The fraction of sp³-hybridized carbons (Fsp3) is 0.0222. The third-order valence-electron chi connectivity index (χ3n) is 9.98. The molecule has 1 spiro atoms. The van der Waals surface area contributed by atoms with E-state index in [0.717, 1.165) is 33.5 Å². The van der Waals surface area contributed by atoms with Crippen LogP contribution in [0, 0.1) is 0 Å². The number of rotatable bonds is 3. The molecule has 8 aromatic rings. The third kappa shape index (κ3) is 3.89. The largest absolute Gasteiger partial charge is 0.228 e. The van der Waals surface area contributed by atoms with Crippen molar-refractivity contribution >= 4 is 22.7 Å². The van der Waals surface area contributed by atoms with E-state index in [1.165, 1.54) is 54.3 Å². The number of fused-ring (bicyclic) bond motifs is 10. The van der Waals surface area contributed by atoms with Crippen LogP contribution in [0.3, 0.4) is 0 Å². The predicted octanol–water partition coefficient (Wildman–Crippen LogP) is 11.5. The Bertz CT molecular complexity index is 2490. The molecule has 0 saturated heterocycles. The van der Waals surface area contributed by atoms with Crippen LogP contribution >= 0.6 is 11.8 Å². The molecule has 2 nitrogen and oxygen atoms in total. The molecule has 0 unspecified atom stereocenters. The highest BCUT2D eigenvalue weighted by Crippen LogP contribution is 2.63. The SMILES string of the molecule is c1ccc(-c2nc(-c3ccc(-c4cccc5c4Sc4ccccc4C54c5ccccc5-c5ccccc54)cc3)c3ccccc3n2)cc1. The van der Waals surface area contributed by atoms with Crippen molar-refractivity contribution in [1.82, 2.24) is 9.97 Å². The first-order chi connectivity index (χ1) is 23.8. The standard InChI is InChI=1S/C45H28N2S/c1-2-13-31(14-3-1)44-46-40-23-10-6-17-35(40)42(47-44)30-27-25-29(26-28-30)32-18-12-22-39-43(32)48-41-24-11-9-21-38(41)45(39)36-19-7-4-15-33(36)34-16-5-8-20-37(34)45/h1-28H. The van der Waals surface area contributed by atoms with E-state index in [9.17, 15) is 0 Å². The van der Waals surface area contributed by atoms with Crippen molar-refractivity contribution in [2.24, 2.45) is 0 Å². The van der Waals surface area contributed by atoms with Gasteiger partial charge in [-0.1, -0.05) is 169 Å².